The minimum absolute atomic E-state index is 0.0308. The Hall–Kier alpha value is -5.47. The number of likely N-dealkylation sites (tertiary alicyclic amines) is 1. The molecule has 3 N–H and O–H groups in total. The zero-order chi connectivity index (χ0) is 28.8. The quantitative estimate of drug-likeness (QED) is 0.303. The first-order chi connectivity index (χ1) is 19.7. The van der Waals surface area contributed by atoms with Crippen LogP contribution in [0.25, 0.3) is 27.7 Å². The second-order valence-corrected chi connectivity index (χ2v) is 9.67. The number of pyridine rings is 1. The number of carbonyl (C=O) groups excluding carboxylic acids is 3. The van der Waals surface area contributed by atoms with Crippen LogP contribution in [0.1, 0.15) is 16.9 Å². The Kier molecular flexibility index (Phi) is 6.25. The molecule has 5 aromatic rings. The molecular formula is C26H23FN10O4. The van der Waals surface area contributed by atoms with Crippen molar-refractivity contribution in [2.24, 2.45) is 12.8 Å². The van der Waals surface area contributed by atoms with Crippen molar-refractivity contribution >= 4 is 40.0 Å². The second-order valence-electron chi connectivity index (χ2n) is 9.67. The molecule has 6 rings (SSSR count). The number of rotatable bonds is 6. The van der Waals surface area contributed by atoms with Crippen LogP contribution < -0.4 is 16.7 Å². The summed E-state index contributed by atoms with van der Waals surface area (Å²) in [7, 11) is 1.50. The number of hydrogen-bond acceptors (Lipinski definition) is 8. The normalized spacial score (nSPS) is 16.9. The molecule has 208 valence electrons. The number of aryl methyl sites for hydroxylation is 1. The van der Waals surface area contributed by atoms with E-state index in [-0.39, 0.29) is 30.9 Å². The van der Waals surface area contributed by atoms with Crippen molar-refractivity contribution < 1.29 is 18.8 Å². The standard InChI is InChI=1S/C26H23FN10O4/c1-34-26(41)36-12-17(3-5-21(36)32-34)31-25(40)20-9-16(27)11-35(20)22(38)13-37-19-4-2-14(15-6-7-29-30-10-15)8-18(19)23(33-37)24(28)39/h2-8,10,12,16,20H,9,11,13H2,1H3,(H2,28,39)(H,31,40). The van der Waals surface area contributed by atoms with Gasteiger partial charge in [-0.05, 0) is 35.9 Å². The lowest BCUT2D eigenvalue weighted by atomic mass is 10.0. The number of primary amides is 1. The Morgan fingerprint density at radius 1 is 1.10 bits per heavy atom. The maximum atomic E-state index is 14.5. The van der Waals surface area contributed by atoms with Gasteiger partial charge in [0.2, 0.25) is 11.8 Å². The van der Waals surface area contributed by atoms with Gasteiger partial charge in [-0.1, -0.05) is 6.07 Å². The van der Waals surface area contributed by atoms with Gasteiger partial charge in [0.1, 0.15) is 18.8 Å². The summed E-state index contributed by atoms with van der Waals surface area (Å²) in [6, 6.07) is 8.97. The topological polar surface area (TPSA) is 175 Å². The fourth-order valence-electron chi connectivity index (χ4n) is 5.03. The van der Waals surface area contributed by atoms with Crippen molar-refractivity contribution in [3.8, 4) is 11.1 Å². The van der Waals surface area contributed by atoms with Gasteiger partial charge in [-0.2, -0.15) is 20.4 Å². The molecule has 2 atom stereocenters. The lowest BCUT2D eigenvalue weighted by molar-refractivity contribution is -0.137. The Morgan fingerprint density at radius 3 is 2.68 bits per heavy atom. The van der Waals surface area contributed by atoms with Crippen molar-refractivity contribution in [3.05, 3.63) is 71.2 Å². The number of nitrogens with two attached hydrogens (primary N) is 1. The van der Waals surface area contributed by atoms with Crippen LogP contribution in [0.2, 0.25) is 0 Å². The largest absolute Gasteiger partial charge is 0.364 e. The van der Waals surface area contributed by atoms with Crippen molar-refractivity contribution in [1.29, 1.82) is 0 Å². The third-order valence-corrected chi connectivity index (χ3v) is 6.99. The number of nitrogens with zero attached hydrogens (tertiary/aromatic N) is 8. The average Bonchev–Trinajstić information content (AvgIpc) is 3.62. The van der Waals surface area contributed by atoms with E-state index in [1.807, 2.05) is 0 Å². The minimum Gasteiger partial charge on any atom is -0.364 e. The third-order valence-electron chi connectivity index (χ3n) is 6.99. The molecule has 2 unspecified atom stereocenters. The number of hydrogen-bond donors (Lipinski definition) is 2. The fraction of sp³-hybridized carbons (Fsp3) is 0.231. The number of nitrogens with one attached hydrogen (secondary N) is 1. The van der Waals surface area contributed by atoms with Crippen LogP contribution in [0.15, 0.2) is 59.8 Å². The first kappa shape index (κ1) is 25.8. The number of amides is 3. The molecular weight excluding hydrogens is 535 g/mol. The molecule has 4 aromatic heterocycles. The average molecular weight is 559 g/mol. The Bertz CT molecular complexity index is 1900. The van der Waals surface area contributed by atoms with E-state index in [0.29, 0.717) is 16.6 Å². The lowest BCUT2D eigenvalue weighted by Gasteiger charge is -2.23. The predicted octanol–water partition coefficient (Wildman–Crippen LogP) is 0.516. The predicted molar refractivity (Wildman–Crippen MR) is 143 cm³/mol. The molecule has 5 heterocycles. The zero-order valence-corrected chi connectivity index (χ0v) is 21.6. The van der Waals surface area contributed by atoms with Gasteiger partial charge in [0.15, 0.2) is 11.3 Å². The number of aromatic nitrogens is 7. The van der Waals surface area contributed by atoms with Crippen LogP contribution in [0, 0.1) is 0 Å². The minimum atomic E-state index is -1.41. The molecule has 3 amide bonds. The van der Waals surface area contributed by atoms with Crippen molar-refractivity contribution in [2.75, 3.05) is 11.9 Å². The molecule has 15 heteroatoms. The van der Waals surface area contributed by atoms with Crippen LogP contribution in [-0.2, 0) is 23.2 Å². The summed E-state index contributed by atoms with van der Waals surface area (Å²) in [5.41, 5.74) is 7.78. The molecule has 0 aliphatic carbocycles. The maximum Gasteiger partial charge on any atom is 0.350 e. The van der Waals surface area contributed by atoms with Crippen molar-refractivity contribution in [3.63, 3.8) is 0 Å². The monoisotopic (exact) mass is 558 g/mol. The number of halogens is 1. The Morgan fingerprint density at radius 2 is 1.93 bits per heavy atom. The van der Waals surface area contributed by atoms with Gasteiger partial charge in [-0.3, -0.25) is 19.1 Å². The summed E-state index contributed by atoms with van der Waals surface area (Å²) in [4.78, 5) is 52.1. The van der Waals surface area contributed by atoms with E-state index in [1.165, 1.54) is 28.5 Å². The highest BCUT2D eigenvalue weighted by Gasteiger charge is 2.40. The number of benzene rings is 1. The van der Waals surface area contributed by atoms with Crippen molar-refractivity contribution in [2.45, 2.75) is 25.2 Å². The molecule has 1 saturated heterocycles. The van der Waals surface area contributed by atoms with Crippen LogP contribution >= 0.6 is 0 Å². The third kappa shape index (κ3) is 4.66. The molecule has 0 spiro atoms. The summed E-state index contributed by atoms with van der Waals surface area (Å²) in [6.07, 6.45) is 2.91. The SMILES string of the molecule is Cn1nc2ccc(NC(=O)C3CC(F)CN3C(=O)Cn3nc(C(N)=O)c4cc(-c5ccnnc5)ccc43)cn2c1=O. The van der Waals surface area contributed by atoms with Gasteiger partial charge in [-0.25, -0.2) is 18.3 Å². The van der Waals surface area contributed by atoms with Crippen molar-refractivity contribution in [1.82, 2.24) is 39.1 Å². The van der Waals surface area contributed by atoms with Crippen LogP contribution in [-0.4, -0.2) is 75.5 Å². The second kappa shape index (κ2) is 9.93. The van der Waals surface area contributed by atoms with E-state index in [9.17, 15) is 23.6 Å². The van der Waals surface area contributed by atoms with E-state index in [1.54, 1.807) is 42.6 Å². The van der Waals surface area contributed by atoms with Crippen LogP contribution in [0.4, 0.5) is 10.1 Å². The fourth-order valence-corrected chi connectivity index (χ4v) is 5.03. The van der Waals surface area contributed by atoms with E-state index in [2.05, 4.69) is 25.7 Å². The van der Waals surface area contributed by atoms with Crippen LogP contribution in [0.3, 0.4) is 0 Å². The van der Waals surface area contributed by atoms with Gasteiger partial charge in [0.25, 0.3) is 5.91 Å². The summed E-state index contributed by atoms with van der Waals surface area (Å²) in [5.74, 6) is -1.95. The molecule has 0 saturated carbocycles. The highest BCUT2D eigenvalue weighted by atomic mass is 19.1. The summed E-state index contributed by atoms with van der Waals surface area (Å²) >= 11 is 0. The first-order valence-electron chi connectivity index (χ1n) is 12.6. The smallest absolute Gasteiger partial charge is 0.350 e. The number of carbonyl (C=O) groups is 3. The van der Waals surface area contributed by atoms with E-state index in [4.69, 9.17) is 5.73 Å². The zero-order valence-electron chi connectivity index (χ0n) is 21.6. The molecule has 41 heavy (non-hydrogen) atoms. The molecule has 0 bridgehead atoms. The van der Waals surface area contributed by atoms with E-state index < -0.39 is 35.6 Å². The molecule has 1 fully saturated rings. The van der Waals surface area contributed by atoms with E-state index >= 15 is 0 Å². The van der Waals surface area contributed by atoms with Gasteiger partial charge >= 0.3 is 5.69 Å². The van der Waals surface area contributed by atoms with Gasteiger partial charge in [0.05, 0.1) is 30.1 Å². The summed E-state index contributed by atoms with van der Waals surface area (Å²) in [6.45, 7) is -0.632. The maximum absolute atomic E-state index is 14.5. The Balaban J connectivity index is 1.25. The number of fused-ring (bicyclic) bond motifs is 2. The Labute approximate surface area is 230 Å². The van der Waals surface area contributed by atoms with Gasteiger partial charge in [0, 0.05) is 30.6 Å². The highest BCUT2D eigenvalue weighted by Crippen LogP contribution is 2.27. The number of alkyl halides is 1. The summed E-state index contributed by atoms with van der Waals surface area (Å²) in [5, 5.41) is 19.0. The molecule has 1 aliphatic rings. The first-order valence-corrected chi connectivity index (χ1v) is 12.6. The van der Waals surface area contributed by atoms with Gasteiger partial charge < -0.3 is 16.0 Å². The molecule has 1 aromatic carbocycles. The molecule has 0 radical (unpaired) electrons. The van der Waals surface area contributed by atoms with Crippen LogP contribution in [0.5, 0.6) is 0 Å². The number of anilines is 1. The van der Waals surface area contributed by atoms with E-state index in [0.717, 1.165) is 20.7 Å². The summed E-state index contributed by atoms with van der Waals surface area (Å²) < 4.78 is 18.3. The molecule has 14 nitrogen and oxygen atoms in total. The van der Waals surface area contributed by atoms with Gasteiger partial charge in [-0.15, -0.1) is 0 Å². The molecule has 1 aliphatic heterocycles. The highest BCUT2D eigenvalue weighted by molar-refractivity contribution is 6.05. The lowest BCUT2D eigenvalue weighted by Crippen LogP contribution is -2.44.